The summed E-state index contributed by atoms with van der Waals surface area (Å²) in [7, 11) is 0. The molecule has 8 nitrogen and oxygen atoms in total. The predicted molar refractivity (Wildman–Crippen MR) is 89.3 cm³/mol. The minimum absolute atomic E-state index is 0.00309. The van der Waals surface area contributed by atoms with Crippen molar-refractivity contribution in [1.82, 2.24) is 10.9 Å². The van der Waals surface area contributed by atoms with Gasteiger partial charge in [-0.3, -0.25) is 10.2 Å². The molecular weight excluding hydrogens is 324 g/mol. The Hall–Kier alpha value is -3.42. The zero-order valence-electron chi connectivity index (χ0n) is 13.7. The molecular formula is C17H19N4O4+. The summed E-state index contributed by atoms with van der Waals surface area (Å²) in [6, 6.07) is 11.4. The van der Waals surface area contributed by atoms with Crippen LogP contribution in [0.25, 0.3) is 0 Å². The van der Waals surface area contributed by atoms with Crippen molar-refractivity contribution in [2.75, 3.05) is 11.9 Å². The maximum atomic E-state index is 12.1. The van der Waals surface area contributed by atoms with E-state index in [-0.39, 0.29) is 12.1 Å². The standard InChI is InChI=1S/C17H18N4O4/c1-2-25-15(22)12-21-10-6-7-13(11-21)16(23)19-20-17(24)18-14-8-4-3-5-9-14/h3-11H,2,12H2,1H3,(H2-,18,19,20,23,24)/p+1. The zero-order valence-corrected chi connectivity index (χ0v) is 13.7. The first-order chi connectivity index (χ1) is 12.1. The molecule has 0 atom stereocenters. The van der Waals surface area contributed by atoms with E-state index in [9.17, 15) is 14.4 Å². The molecule has 130 valence electrons. The first kappa shape index (κ1) is 17.9. The number of ether oxygens (including phenoxy) is 1. The summed E-state index contributed by atoms with van der Waals surface area (Å²) < 4.78 is 6.38. The van der Waals surface area contributed by atoms with Crippen LogP contribution in [0.5, 0.6) is 0 Å². The van der Waals surface area contributed by atoms with Crippen LogP contribution >= 0.6 is 0 Å². The fourth-order valence-electron chi connectivity index (χ4n) is 1.98. The summed E-state index contributed by atoms with van der Waals surface area (Å²) in [5, 5.41) is 2.57. The van der Waals surface area contributed by atoms with Crippen LogP contribution in [0.3, 0.4) is 0 Å². The van der Waals surface area contributed by atoms with Gasteiger partial charge >= 0.3 is 12.0 Å². The smallest absolute Gasteiger partial charge is 0.372 e. The van der Waals surface area contributed by atoms with Gasteiger partial charge in [-0.05, 0) is 25.1 Å². The van der Waals surface area contributed by atoms with E-state index in [4.69, 9.17) is 4.74 Å². The van der Waals surface area contributed by atoms with Gasteiger partial charge in [-0.25, -0.2) is 15.0 Å². The molecule has 0 spiro atoms. The van der Waals surface area contributed by atoms with E-state index < -0.39 is 17.9 Å². The molecule has 1 aromatic heterocycles. The Labute approximate surface area is 144 Å². The maximum Gasteiger partial charge on any atom is 0.372 e. The molecule has 2 aromatic rings. The highest BCUT2D eigenvalue weighted by Crippen LogP contribution is 2.03. The Morgan fingerprint density at radius 1 is 1.04 bits per heavy atom. The summed E-state index contributed by atoms with van der Waals surface area (Å²) in [6.07, 6.45) is 3.13. The van der Waals surface area contributed by atoms with E-state index in [2.05, 4.69) is 16.2 Å². The molecule has 0 aliphatic rings. The van der Waals surface area contributed by atoms with E-state index >= 15 is 0 Å². The lowest BCUT2D eigenvalue weighted by Crippen LogP contribution is -2.45. The fraction of sp³-hybridized carbons (Fsp3) is 0.176. The zero-order chi connectivity index (χ0) is 18.1. The van der Waals surface area contributed by atoms with Gasteiger partial charge in [0.15, 0.2) is 12.4 Å². The van der Waals surface area contributed by atoms with Gasteiger partial charge in [0, 0.05) is 11.8 Å². The molecule has 0 saturated carbocycles. The summed E-state index contributed by atoms with van der Waals surface area (Å²) in [5.74, 6) is -0.910. The van der Waals surface area contributed by atoms with Crippen LogP contribution in [0.1, 0.15) is 17.3 Å². The number of nitrogens with zero attached hydrogens (tertiary/aromatic N) is 1. The van der Waals surface area contributed by atoms with Crippen LogP contribution in [-0.4, -0.2) is 24.5 Å². The molecule has 2 rings (SSSR count). The normalized spacial score (nSPS) is 9.80. The predicted octanol–water partition coefficient (Wildman–Crippen LogP) is 1.00. The number of amides is 3. The number of pyridine rings is 1. The Kier molecular flexibility index (Phi) is 6.47. The molecule has 0 radical (unpaired) electrons. The van der Waals surface area contributed by atoms with Crippen molar-refractivity contribution < 1.29 is 23.7 Å². The van der Waals surface area contributed by atoms with Crippen molar-refractivity contribution in [3.63, 3.8) is 0 Å². The average molecular weight is 343 g/mol. The van der Waals surface area contributed by atoms with E-state index in [1.54, 1.807) is 49.5 Å². The molecule has 0 aliphatic carbocycles. The molecule has 8 heteroatoms. The number of esters is 1. The van der Waals surface area contributed by atoms with E-state index in [1.807, 2.05) is 6.07 Å². The van der Waals surface area contributed by atoms with Crippen LogP contribution in [0.4, 0.5) is 10.5 Å². The fourth-order valence-corrected chi connectivity index (χ4v) is 1.98. The first-order valence-corrected chi connectivity index (χ1v) is 7.65. The summed E-state index contributed by atoms with van der Waals surface area (Å²) in [6.45, 7) is 2.01. The molecule has 1 aromatic carbocycles. The van der Waals surface area contributed by atoms with Crippen molar-refractivity contribution in [2.24, 2.45) is 0 Å². The third kappa shape index (κ3) is 5.94. The maximum absolute atomic E-state index is 12.1. The number of hydrogen-bond acceptors (Lipinski definition) is 4. The second kappa shape index (κ2) is 9.02. The highest BCUT2D eigenvalue weighted by atomic mass is 16.5. The first-order valence-electron chi connectivity index (χ1n) is 7.65. The number of carbonyl (C=O) groups is 3. The molecule has 0 saturated heterocycles. The average Bonchev–Trinajstić information content (AvgIpc) is 2.61. The van der Waals surface area contributed by atoms with Gasteiger partial charge in [0.2, 0.25) is 6.54 Å². The third-order valence-corrected chi connectivity index (χ3v) is 3.06. The van der Waals surface area contributed by atoms with Crippen LogP contribution < -0.4 is 20.7 Å². The highest BCUT2D eigenvalue weighted by Gasteiger charge is 2.14. The second-order valence-corrected chi connectivity index (χ2v) is 4.97. The largest absolute Gasteiger partial charge is 0.461 e. The van der Waals surface area contributed by atoms with Crippen molar-refractivity contribution in [1.29, 1.82) is 0 Å². The van der Waals surface area contributed by atoms with Gasteiger partial charge in [0.05, 0.1) is 6.61 Å². The monoisotopic (exact) mass is 343 g/mol. The Balaban J connectivity index is 1.88. The second-order valence-electron chi connectivity index (χ2n) is 4.97. The van der Waals surface area contributed by atoms with Gasteiger partial charge in [-0.15, -0.1) is 0 Å². The molecule has 3 N–H and O–H groups in total. The van der Waals surface area contributed by atoms with Gasteiger partial charge in [0.1, 0.15) is 5.56 Å². The molecule has 0 fully saturated rings. The number of urea groups is 1. The minimum Gasteiger partial charge on any atom is -0.461 e. The van der Waals surface area contributed by atoms with Crippen molar-refractivity contribution in [2.45, 2.75) is 13.5 Å². The molecule has 0 bridgehead atoms. The number of aromatic nitrogens is 1. The van der Waals surface area contributed by atoms with Gasteiger partial charge < -0.3 is 10.1 Å². The lowest BCUT2D eigenvalue weighted by Gasteiger charge is -2.08. The topological polar surface area (TPSA) is 100 Å². The molecule has 25 heavy (non-hydrogen) atoms. The summed E-state index contributed by atoms with van der Waals surface area (Å²) in [5.41, 5.74) is 5.44. The van der Waals surface area contributed by atoms with Crippen LogP contribution in [0, 0.1) is 0 Å². The number of anilines is 1. The molecule has 3 amide bonds. The van der Waals surface area contributed by atoms with Crippen molar-refractivity contribution >= 4 is 23.6 Å². The van der Waals surface area contributed by atoms with Crippen LogP contribution in [0.2, 0.25) is 0 Å². The van der Waals surface area contributed by atoms with Gasteiger partial charge in [-0.2, -0.15) is 4.57 Å². The molecule has 0 aliphatic heterocycles. The number of nitrogens with one attached hydrogen (secondary N) is 3. The SMILES string of the molecule is CCOC(=O)C[n+]1cccc(C(=O)NNC(=O)Nc2ccccc2)c1. The summed E-state index contributed by atoms with van der Waals surface area (Å²) >= 11 is 0. The number of hydrogen-bond donors (Lipinski definition) is 3. The van der Waals surface area contributed by atoms with Crippen molar-refractivity contribution in [3.05, 3.63) is 60.4 Å². The van der Waals surface area contributed by atoms with Gasteiger partial charge in [-0.1, -0.05) is 18.2 Å². The van der Waals surface area contributed by atoms with Crippen molar-refractivity contribution in [3.8, 4) is 0 Å². The van der Waals surface area contributed by atoms with E-state index in [1.165, 1.54) is 10.8 Å². The highest BCUT2D eigenvalue weighted by molar-refractivity contribution is 5.96. The minimum atomic E-state index is -0.574. The Morgan fingerprint density at radius 2 is 1.80 bits per heavy atom. The number of para-hydroxylation sites is 1. The summed E-state index contributed by atoms with van der Waals surface area (Å²) in [4.78, 5) is 35.3. The lowest BCUT2D eigenvalue weighted by atomic mass is 10.2. The number of carbonyl (C=O) groups excluding carboxylic acids is 3. The Morgan fingerprint density at radius 3 is 2.52 bits per heavy atom. The number of benzene rings is 1. The third-order valence-electron chi connectivity index (χ3n) is 3.06. The van der Waals surface area contributed by atoms with Crippen LogP contribution in [0.15, 0.2) is 54.9 Å². The van der Waals surface area contributed by atoms with Gasteiger partial charge in [0.25, 0.3) is 5.91 Å². The quantitative estimate of drug-likeness (QED) is 0.428. The van der Waals surface area contributed by atoms with Crippen LogP contribution in [-0.2, 0) is 16.1 Å². The molecule has 1 heterocycles. The molecule has 0 unspecified atom stereocenters. The van der Waals surface area contributed by atoms with E-state index in [0.717, 1.165) is 0 Å². The van der Waals surface area contributed by atoms with E-state index in [0.29, 0.717) is 12.3 Å². The Bertz CT molecular complexity index is 749. The number of hydrazine groups is 1. The lowest BCUT2D eigenvalue weighted by molar-refractivity contribution is -0.686. The number of rotatable bonds is 5.